The Bertz CT molecular complexity index is 770. The number of rotatable bonds is 2. The Hall–Kier alpha value is -2.66. The zero-order valence-electron chi connectivity index (χ0n) is 13.1. The third-order valence-electron chi connectivity index (χ3n) is 4.11. The molecule has 0 bridgehead atoms. The summed E-state index contributed by atoms with van der Waals surface area (Å²) < 4.78 is 0. The fraction of sp³-hybridized carbons (Fsp3) is 0.222. The van der Waals surface area contributed by atoms with E-state index >= 15 is 0 Å². The highest BCUT2D eigenvalue weighted by molar-refractivity contribution is 6.06. The molecule has 1 aliphatic heterocycles. The van der Waals surface area contributed by atoms with Crippen LogP contribution in [0, 0.1) is 0 Å². The molecule has 2 atom stereocenters. The molecule has 3 N–H and O–H groups in total. The predicted molar refractivity (Wildman–Crippen MR) is 89.8 cm³/mol. The lowest BCUT2D eigenvalue weighted by atomic mass is 9.95. The second-order valence-corrected chi connectivity index (χ2v) is 5.73. The highest BCUT2D eigenvalue weighted by Gasteiger charge is 2.33. The van der Waals surface area contributed by atoms with E-state index in [0.29, 0.717) is 0 Å². The van der Waals surface area contributed by atoms with Crippen LogP contribution in [0.1, 0.15) is 18.5 Å². The van der Waals surface area contributed by atoms with E-state index in [1.165, 1.54) is 0 Å². The SMILES string of the molecule is CC(N)C(=O)NC1C(=O)N(C)c2ccccc2-c2ccccc21. The molecule has 1 aliphatic rings. The molecule has 5 nitrogen and oxygen atoms in total. The number of fused-ring (bicyclic) bond motifs is 3. The van der Waals surface area contributed by atoms with E-state index in [0.717, 1.165) is 22.4 Å². The molecule has 2 aromatic carbocycles. The van der Waals surface area contributed by atoms with Crippen LogP contribution in [-0.4, -0.2) is 24.9 Å². The molecule has 0 saturated heterocycles. The Morgan fingerprint density at radius 3 is 2.43 bits per heavy atom. The number of nitrogens with one attached hydrogen (secondary N) is 1. The van der Waals surface area contributed by atoms with Crippen LogP contribution in [0.15, 0.2) is 48.5 Å². The maximum absolute atomic E-state index is 12.9. The van der Waals surface area contributed by atoms with E-state index < -0.39 is 12.1 Å². The molecule has 2 aromatic rings. The summed E-state index contributed by atoms with van der Waals surface area (Å²) in [5.74, 6) is -0.533. The van der Waals surface area contributed by atoms with Crippen LogP contribution < -0.4 is 16.0 Å². The molecule has 2 amide bonds. The summed E-state index contributed by atoms with van der Waals surface area (Å²) in [7, 11) is 1.72. The van der Waals surface area contributed by atoms with Gasteiger partial charge in [-0.25, -0.2) is 0 Å². The summed E-state index contributed by atoms with van der Waals surface area (Å²) in [5.41, 5.74) is 9.15. The van der Waals surface area contributed by atoms with Crippen LogP contribution in [0.3, 0.4) is 0 Å². The Kier molecular flexibility index (Phi) is 3.88. The molecule has 0 fully saturated rings. The lowest BCUT2D eigenvalue weighted by Crippen LogP contribution is -2.46. The van der Waals surface area contributed by atoms with Crippen molar-refractivity contribution in [2.75, 3.05) is 11.9 Å². The molecule has 0 saturated carbocycles. The van der Waals surface area contributed by atoms with Gasteiger partial charge in [-0.15, -0.1) is 0 Å². The smallest absolute Gasteiger partial charge is 0.253 e. The van der Waals surface area contributed by atoms with Crippen LogP contribution in [0.25, 0.3) is 11.1 Å². The van der Waals surface area contributed by atoms with Gasteiger partial charge >= 0.3 is 0 Å². The first kappa shape index (κ1) is 15.2. The predicted octanol–water partition coefficient (Wildman–Crippen LogP) is 1.83. The van der Waals surface area contributed by atoms with E-state index in [2.05, 4.69) is 5.32 Å². The molecular weight excluding hydrogens is 290 g/mol. The molecule has 118 valence electrons. The summed E-state index contributed by atoms with van der Waals surface area (Å²) in [6.45, 7) is 1.60. The third kappa shape index (κ3) is 2.59. The van der Waals surface area contributed by atoms with Gasteiger partial charge in [0.25, 0.3) is 5.91 Å². The standard InChI is InChI=1S/C18H19N3O2/c1-11(19)17(22)20-16-14-9-4-3-7-12(14)13-8-5-6-10-15(13)21(2)18(16)23/h3-11,16H,19H2,1-2H3,(H,20,22). The lowest BCUT2D eigenvalue weighted by molar-refractivity contribution is -0.128. The van der Waals surface area contributed by atoms with Crippen molar-refractivity contribution in [2.24, 2.45) is 5.73 Å². The Labute approximate surface area is 135 Å². The van der Waals surface area contributed by atoms with E-state index in [-0.39, 0.29) is 11.8 Å². The fourth-order valence-electron chi connectivity index (χ4n) is 2.85. The number of para-hydroxylation sites is 1. The van der Waals surface area contributed by atoms with Crippen molar-refractivity contribution in [2.45, 2.75) is 19.0 Å². The van der Waals surface area contributed by atoms with Gasteiger partial charge in [-0.1, -0.05) is 42.5 Å². The van der Waals surface area contributed by atoms with Crippen molar-refractivity contribution in [1.29, 1.82) is 0 Å². The Morgan fingerprint density at radius 2 is 1.74 bits per heavy atom. The summed E-state index contributed by atoms with van der Waals surface area (Å²) >= 11 is 0. The molecule has 0 spiro atoms. The second kappa shape index (κ2) is 5.85. The van der Waals surface area contributed by atoms with Crippen molar-refractivity contribution < 1.29 is 9.59 Å². The summed E-state index contributed by atoms with van der Waals surface area (Å²) in [4.78, 5) is 26.5. The topological polar surface area (TPSA) is 75.4 Å². The van der Waals surface area contributed by atoms with Gasteiger partial charge in [0.1, 0.15) is 6.04 Å². The Morgan fingerprint density at radius 1 is 1.13 bits per heavy atom. The normalized spacial score (nSPS) is 17.8. The number of amides is 2. The molecule has 2 unspecified atom stereocenters. The average Bonchev–Trinajstić information content (AvgIpc) is 2.65. The van der Waals surface area contributed by atoms with Crippen LogP contribution in [-0.2, 0) is 9.59 Å². The zero-order valence-corrected chi connectivity index (χ0v) is 13.1. The number of benzene rings is 2. The maximum atomic E-state index is 12.9. The minimum absolute atomic E-state index is 0.184. The number of anilines is 1. The van der Waals surface area contributed by atoms with Crippen LogP contribution >= 0.6 is 0 Å². The molecule has 23 heavy (non-hydrogen) atoms. The first-order valence-electron chi connectivity index (χ1n) is 7.52. The first-order valence-corrected chi connectivity index (χ1v) is 7.52. The van der Waals surface area contributed by atoms with Gasteiger partial charge in [0.2, 0.25) is 5.91 Å². The minimum Gasteiger partial charge on any atom is -0.339 e. The molecule has 5 heteroatoms. The lowest BCUT2D eigenvalue weighted by Gasteiger charge is -2.23. The number of carbonyl (C=O) groups excluding carboxylic acids is 2. The van der Waals surface area contributed by atoms with E-state index in [1.54, 1.807) is 18.9 Å². The van der Waals surface area contributed by atoms with Crippen molar-refractivity contribution in [3.8, 4) is 11.1 Å². The highest BCUT2D eigenvalue weighted by Crippen LogP contribution is 2.39. The van der Waals surface area contributed by atoms with Crippen LogP contribution in [0.5, 0.6) is 0 Å². The summed E-state index contributed by atoms with van der Waals surface area (Å²) in [5, 5.41) is 2.77. The molecule has 0 aromatic heterocycles. The van der Waals surface area contributed by atoms with Crippen LogP contribution in [0.4, 0.5) is 5.69 Å². The average molecular weight is 309 g/mol. The van der Waals surface area contributed by atoms with Crippen molar-refractivity contribution >= 4 is 17.5 Å². The highest BCUT2D eigenvalue weighted by atomic mass is 16.2. The fourth-order valence-corrected chi connectivity index (χ4v) is 2.85. The number of carbonyl (C=O) groups is 2. The van der Waals surface area contributed by atoms with Gasteiger partial charge < -0.3 is 16.0 Å². The third-order valence-corrected chi connectivity index (χ3v) is 4.11. The van der Waals surface area contributed by atoms with Gasteiger partial charge in [-0.3, -0.25) is 9.59 Å². The number of hydrogen-bond donors (Lipinski definition) is 2. The van der Waals surface area contributed by atoms with Gasteiger partial charge in [-0.05, 0) is 24.1 Å². The first-order chi connectivity index (χ1) is 11.0. The largest absolute Gasteiger partial charge is 0.339 e. The van der Waals surface area contributed by atoms with Crippen molar-refractivity contribution in [3.05, 3.63) is 54.1 Å². The summed E-state index contributed by atoms with van der Waals surface area (Å²) in [6.07, 6.45) is 0. The molecule has 3 rings (SSSR count). The number of likely N-dealkylation sites (N-methyl/N-ethyl adjacent to an activating group) is 1. The molecule has 0 aliphatic carbocycles. The Balaban J connectivity index is 2.17. The maximum Gasteiger partial charge on any atom is 0.253 e. The van der Waals surface area contributed by atoms with E-state index in [1.807, 2.05) is 48.5 Å². The van der Waals surface area contributed by atoms with Crippen molar-refractivity contribution in [1.82, 2.24) is 5.32 Å². The monoisotopic (exact) mass is 309 g/mol. The van der Waals surface area contributed by atoms with Gasteiger partial charge in [0.15, 0.2) is 0 Å². The number of nitrogens with zero attached hydrogens (tertiary/aromatic N) is 1. The second-order valence-electron chi connectivity index (χ2n) is 5.73. The molecule has 0 radical (unpaired) electrons. The van der Waals surface area contributed by atoms with Gasteiger partial charge in [0, 0.05) is 12.6 Å². The van der Waals surface area contributed by atoms with Gasteiger partial charge in [0.05, 0.1) is 11.7 Å². The van der Waals surface area contributed by atoms with Crippen LogP contribution in [0.2, 0.25) is 0 Å². The van der Waals surface area contributed by atoms with E-state index in [4.69, 9.17) is 5.73 Å². The number of nitrogens with two attached hydrogens (primary N) is 1. The van der Waals surface area contributed by atoms with Crippen molar-refractivity contribution in [3.63, 3.8) is 0 Å². The van der Waals surface area contributed by atoms with E-state index in [9.17, 15) is 9.59 Å². The minimum atomic E-state index is -0.748. The molecular formula is C18H19N3O2. The number of hydrogen-bond acceptors (Lipinski definition) is 3. The molecule has 1 heterocycles. The quantitative estimate of drug-likeness (QED) is 0.888. The zero-order chi connectivity index (χ0) is 16.6. The van der Waals surface area contributed by atoms with Gasteiger partial charge in [-0.2, -0.15) is 0 Å². The summed E-state index contributed by atoms with van der Waals surface area (Å²) in [6, 6.07) is 13.9.